The monoisotopic (exact) mass is 513 g/mol. The highest BCUT2D eigenvalue weighted by Crippen LogP contribution is 2.43. The number of hydrogen-bond donors (Lipinski definition) is 1. The number of hydrogen-bond acceptors (Lipinski definition) is 6. The molecule has 0 bridgehead atoms. The number of ether oxygens (including phenoxy) is 2. The molecule has 1 amide bonds. The normalized spacial score (nSPS) is 16.7. The first-order valence-electron chi connectivity index (χ1n) is 12.5. The van der Waals surface area contributed by atoms with E-state index >= 15 is 0 Å². The Hall–Kier alpha value is -4.39. The van der Waals surface area contributed by atoms with Gasteiger partial charge in [-0.2, -0.15) is 0 Å². The average molecular weight is 514 g/mol. The first-order valence-corrected chi connectivity index (χ1v) is 12.5. The summed E-state index contributed by atoms with van der Waals surface area (Å²) < 4.78 is 11.1. The quantitative estimate of drug-likeness (QED) is 0.139. The lowest BCUT2D eigenvalue weighted by atomic mass is 9.94. The minimum Gasteiger partial charge on any atom is -0.507 e. The number of Topliss-reactive ketones (excluding diaryl/α,β-unsaturated/α-hetero) is 1. The van der Waals surface area contributed by atoms with E-state index in [1.807, 2.05) is 45.9 Å². The predicted octanol–water partition coefficient (Wildman–Crippen LogP) is 5.89. The molecule has 1 heterocycles. The van der Waals surface area contributed by atoms with Crippen LogP contribution in [0.15, 0.2) is 72.3 Å². The number of carbonyl (C=O) groups excluding carboxylic acids is 3. The minimum atomic E-state index is -0.952. The Morgan fingerprint density at radius 2 is 1.61 bits per heavy atom. The zero-order chi connectivity index (χ0) is 27.6. The molecule has 4 rings (SSSR count). The van der Waals surface area contributed by atoms with Crippen LogP contribution in [0.3, 0.4) is 0 Å². The van der Waals surface area contributed by atoms with E-state index in [0.717, 1.165) is 11.1 Å². The molecule has 3 aromatic rings. The lowest BCUT2D eigenvalue weighted by molar-refractivity contribution is -0.132. The number of nitrogens with zero attached hydrogens (tertiary/aromatic N) is 1. The summed E-state index contributed by atoms with van der Waals surface area (Å²) in [6.07, 6.45) is 0. The molecule has 1 N–H and O–H groups in total. The molecule has 1 unspecified atom stereocenters. The maximum Gasteiger partial charge on any atom is 0.308 e. The van der Waals surface area contributed by atoms with Crippen molar-refractivity contribution in [3.05, 3.63) is 94.6 Å². The van der Waals surface area contributed by atoms with Crippen molar-refractivity contribution in [1.29, 1.82) is 0 Å². The summed E-state index contributed by atoms with van der Waals surface area (Å²) in [6.45, 7) is 9.66. The first kappa shape index (κ1) is 26.7. The van der Waals surface area contributed by atoms with Gasteiger partial charge < -0.3 is 14.6 Å². The fraction of sp³-hybridized carbons (Fsp3) is 0.258. The number of esters is 1. The molecule has 1 aliphatic heterocycles. The van der Waals surface area contributed by atoms with Crippen molar-refractivity contribution >= 4 is 29.1 Å². The van der Waals surface area contributed by atoms with Crippen molar-refractivity contribution in [1.82, 2.24) is 0 Å². The van der Waals surface area contributed by atoms with Crippen molar-refractivity contribution < 1.29 is 29.0 Å². The molecule has 0 spiro atoms. The van der Waals surface area contributed by atoms with Gasteiger partial charge in [0, 0.05) is 18.2 Å². The Labute approximate surface area is 222 Å². The van der Waals surface area contributed by atoms with Crippen LogP contribution in [0.5, 0.6) is 11.5 Å². The van der Waals surface area contributed by atoms with Crippen molar-refractivity contribution in [2.75, 3.05) is 11.5 Å². The van der Waals surface area contributed by atoms with Gasteiger partial charge >= 0.3 is 5.97 Å². The van der Waals surface area contributed by atoms with Crippen molar-refractivity contribution in [2.24, 2.45) is 5.92 Å². The van der Waals surface area contributed by atoms with Gasteiger partial charge in [0.05, 0.1) is 18.2 Å². The smallest absolute Gasteiger partial charge is 0.308 e. The highest BCUT2D eigenvalue weighted by atomic mass is 16.5. The third-order valence-electron chi connectivity index (χ3n) is 6.06. The molecule has 7 nitrogen and oxygen atoms in total. The fourth-order valence-electron chi connectivity index (χ4n) is 4.57. The maximum absolute atomic E-state index is 13.5. The molecular weight excluding hydrogens is 482 g/mol. The van der Waals surface area contributed by atoms with Crippen LogP contribution < -0.4 is 14.4 Å². The molecule has 1 aliphatic rings. The zero-order valence-electron chi connectivity index (χ0n) is 22.1. The van der Waals surface area contributed by atoms with Crippen LogP contribution in [0.1, 0.15) is 49.1 Å². The lowest BCUT2D eigenvalue weighted by Crippen LogP contribution is -2.29. The molecule has 0 radical (unpaired) electrons. The number of rotatable bonds is 7. The summed E-state index contributed by atoms with van der Waals surface area (Å²) in [5.74, 6) is -1.26. The second kappa shape index (κ2) is 10.9. The van der Waals surface area contributed by atoms with Gasteiger partial charge in [-0.05, 0) is 72.9 Å². The van der Waals surface area contributed by atoms with E-state index in [4.69, 9.17) is 9.47 Å². The maximum atomic E-state index is 13.5. The topological polar surface area (TPSA) is 93.1 Å². The summed E-state index contributed by atoms with van der Waals surface area (Å²) in [4.78, 5) is 40.0. The van der Waals surface area contributed by atoms with E-state index in [0.29, 0.717) is 35.1 Å². The molecule has 38 heavy (non-hydrogen) atoms. The molecule has 0 aliphatic carbocycles. The van der Waals surface area contributed by atoms with Gasteiger partial charge in [0.25, 0.3) is 11.7 Å². The molecule has 3 aromatic carbocycles. The van der Waals surface area contributed by atoms with Crippen LogP contribution in [0, 0.1) is 19.8 Å². The van der Waals surface area contributed by atoms with Crippen LogP contribution in [-0.4, -0.2) is 29.4 Å². The molecular formula is C31H31NO6. The second-order valence-corrected chi connectivity index (χ2v) is 9.91. The molecule has 7 heteroatoms. The number of benzene rings is 3. The highest BCUT2D eigenvalue weighted by molar-refractivity contribution is 6.51. The van der Waals surface area contributed by atoms with Gasteiger partial charge in [-0.3, -0.25) is 19.3 Å². The largest absolute Gasteiger partial charge is 0.507 e. The number of aliphatic hydroxyl groups is 1. The zero-order valence-corrected chi connectivity index (χ0v) is 22.1. The van der Waals surface area contributed by atoms with E-state index in [1.54, 1.807) is 48.5 Å². The summed E-state index contributed by atoms with van der Waals surface area (Å²) in [5, 5.41) is 11.5. The Balaban J connectivity index is 1.90. The summed E-state index contributed by atoms with van der Waals surface area (Å²) in [7, 11) is 0. The van der Waals surface area contributed by atoms with Crippen LogP contribution in [0.25, 0.3) is 5.76 Å². The highest BCUT2D eigenvalue weighted by Gasteiger charge is 2.47. The molecule has 0 saturated carbocycles. The van der Waals surface area contributed by atoms with Crippen LogP contribution in [0.4, 0.5) is 5.69 Å². The van der Waals surface area contributed by atoms with Gasteiger partial charge in [-0.25, -0.2) is 0 Å². The van der Waals surface area contributed by atoms with E-state index in [-0.39, 0.29) is 17.1 Å². The van der Waals surface area contributed by atoms with Crippen LogP contribution in [0.2, 0.25) is 0 Å². The van der Waals surface area contributed by atoms with Gasteiger partial charge in [-0.15, -0.1) is 0 Å². The number of amides is 1. The second-order valence-electron chi connectivity index (χ2n) is 9.91. The van der Waals surface area contributed by atoms with Gasteiger partial charge in [0.2, 0.25) is 0 Å². The minimum absolute atomic E-state index is 0.0601. The van der Waals surface area contributed by atoms with Crippen molar-refractivity contribution in [3.63, 3.8) is 0 Å². The van der Waals surface area contributed by atoms with E-state index in [2.05, 4.69) is 0 Å². The molecule has 0 aromatic heterocycles. The Morgan fingerprint density at radius 1 is 0.947 bits per heavy atom. The number of anilines is 1. The first-order chi connectivity index (χ1) is 18.0. The van der Waals surface area contributed by atoms with Crippen LogP contribution in [-0.2, 0) is 14.4 Å². The fourth-order valence-corrected chi connectivity index (χ4v) is 4.57. The van der Waals surface area contributed by atoms with Gasteiger partial charge in [0.1, 0.15) is 17.3 Å². The van der Waals surface area contributed by atoms with E-state index in [9.17, 15) is 19.5 Å². The third-order valence-corrected chi connectivity index (χ3v) is 6.06. The van der Waals surface area contributed by atoms with Gasteiger partial charge in [0.15, 0.2) is 0 Å². The summed E-state index contributed by atoms with van der Waals surface area (Å²) in [6, 6.07) is 18.1. The third kappa shape index (κ3) is 5.62. The Kier molecular flexibility index (Phi) is 7.67. The number of carbonyl (C=O) groups is 3. The predicted molar refractivity (Wildman–Crippen MR) is 145 cm³/mol. The average Bonchev–Trinajstić information content (AvgIpc) is 3.12. The summed E-state index contributed by atoms with van der Waals surface area (Å²) >= 11 is 0. The van der Waals surface area contributed by atoms with Crippen molar-refractivity contribution in [2.45, 2.75) is 40.7 Å². The molecule has 1 atom stereocenters. The van der Waals surface area contributed by atoms with Crippen LogP contribution >= 0.6 is 0 Å². The Bertz CT molecular complexity index is 1420. The SMILES string of the molecule is CC(=O)Oc1cccc(C2/C(=C(\O)c3cccc(OCC(C)C)c3)C(=O)C(=O)N2c2cc(C)cc(C)c2)c1. The number of aliphatic hydroxyl groups excluding tert-OH is 1. The van der Waals surface area contributed by atoms with Crippen molar-refractivity contribution in [3.8, 4) is 11.5 Å². The van der Waals surface area contributed by atoms with E-state index in [1.165, 1.54) is 11.8 Å². The number of aryl methyl sites for hydroxylation is 2. The van der Waals surface area contributed by atoms with Gasteiger partial charge in [-0.1, -0.05) is 44.2 Å². The molecule has 1 fully saturated rings. The lowest BCUT2D eigenvalue weighted by Gasteiger charge is -2.26. The summed E-state index contributed by atoms with van der Waals surface area (Å²) in [5.41, 5.74) is 3.17. The van der Waals surface area contributed by atoms with E-state index < -0.39 is 23.7 Å². The molecule has 1 saturated heterocycles. The number of ketones is 1. The standard InChI is InChI=1S/C31H31NO6/c1-18(2)17-37-25-10-7-9-23(16-25)29(34)27-28(22-8-6-11-26(15-22)38-21(5)33)32(31(36)30(27)35)24-13-19(3)12-20(4)14-24/h6-16,18,28,34H,17H2,1-5H3/b29-27+. The Morgan fingerprint density at radius 3 is 2.26 bits per heavy atom. The molecule has 196 valence electrons.